The summed E-state index contributed by atoms with van der Waals surface area (Å²) in [5, 5.41) is 76.2. The molecule has 0 saturated carbocycles. The SMILES string of the molecule is COCC1O[C@@H](O)C(OC)[C@@H](OC)[C@H]1O[C@@H]1OC(CNC(=O)CCCCC2SCC3NC(=O)NC32)[C@H](O[C@H]2O[C@H](COS(=O)(=O)[O-])[C@@H](O[C@H]3O[C@H](COS(=O)(=O)[O-])[C@@H](OSOO[O-])C(OSOO[O-])C3OSOO[O-])C(OSOO[O-])C2OS(=O)(=O)[O-])[C@H](OC)C1OC. The molecule has 46 nitrogen and oxygen atoms in total. The molecule has 4 N–H and O–H groups in total. The normalized spacial score (nSPS) is 35.9. The molecule has 3 amide bonds. The molecule has 93 heavy (non-hydrogen) atoms. The van der Waals surface area contributed by atoms with Gasteiger partial charge < -0.3 is 113 Å². The van der Waals surface area contributed by atoms with Crippen LogP contribution in [0.3, 0.4) is 0 Å². The maximum atomic E-state index is 13.8. The van der Waals surface area contributed by atoms with E-state index in [9.17, 15) is 74.6 Å². The van der Waals surface area contributed by atoms with Gasteiger partial charge in [-0.2, -0.15) is 11.8 Å². The summed E-state index contributed by atoms with van der Waals surface area (Å²) < 4.78 is 234. The van der Waals surface area contributed by atoms with Gasteiger partial charge in [-0.15, -0.1) is 17.3 Å². The highest BCUT2D eigenvalue weighted by atomic mass is 32.3. The Morgan fingerprint density at radius 3 is 1.53 bits per heavy atom. The second-order valence-corrected chi connectivity index (χ2v) is 25.6. The van der Waals surface area contributed by atoms with Crippen LogP contribution in [0.1, 0.15) is 25.7 Å². The van der Waals surface area contributed by atoms with Crippen molar-refractivity contribution in [2.24, 2.45) is 0 Å². The summed E-state index contributed by atoms with van der Waals surface area (Å²) in [5.74, 6) is 0.0791. The van der Waals surface area contributed by atoms with Crippen LogP contribution in [0, 0.1) is 0 Å². The Balaban J connectivity index is 1.43. The van der Waals surface area contributed by atoms with Gasteiger partial charge in [-0.25, -0.2) is 30.0 Å². The number of hydrogen-bond acceptors (Lipinski definition) is 48. The minimum atomic E-state index is -6.19. The molecular formula is C39H60N3O43S8-7. The van der Waals surface area contributed by atoms with Crippen molar-refractivity contribution >= 4 is 104 Å². The first-order valence-electron chi connectivity index (χ1n) is 26.2. The van der Waals surface area contributed by atoms with Gasteiger partial charge in [-0.3, -0.25) is 54.2 Å². The van der Waals surface area contributed by atoms with E-state index in [2.05, 4.69) is 61.8 Å². The number of amides is 3. The number of ether oxygens (including phenoxy) is 12. The largest absolute Gasteiger partial charge is 0.726 e. The molecule has 0 aromatic heterocycles. The molecule has 0 aliphatic carbocycles. The smallest absolute Gasteiger partial charge is 0.315 e. The average Bonchev–Trinajstić information content (AvgIpc) is 1.52. The quantitative estimate of drug-likeness (QED) is 0.00838. The van der Waals surface area contributed by atoms with Crippen LogP contribution in [-0.4, -0.2) is 264 Å². The Morgan fingerprint density at radius 2 is 1.01 bits per heavy atom. The maximum Gasteiger partial charge on any atom is 0.315 e. The number of unbranched alkanes of at least 4 members (excludes halogenated alkanes) is 1. The van der Waals surface area contributed by atoms with Crippen molar-refractivity contribution < 1.29 is 198 Å². The van der Waals surface area contributed by atoms with E-state index in [-0.39, 0.29) is 61.0 Å². The first-order chi connectivity index (χ1) is 44.4. The van der Waals surface area contributed by atoms with Crippen LogP contribution in [0.15, 0.2) is 0 Å². The van der Waals surface area contributed by atoms with Crippen molar-refractivity contribution in [1.82, 2.24) is 16.0 Å². The molecule has 0 bridgehead atoms. The monoisotopic (exact) mass is 1510 g/mol. The first kappa shape index (κ1) is 80.9. The van der Waals surface area contributed by atoms with Crippen LogP contribution >= 0.6 is 61.1 Å². The zero-order chi connectivity index (χ0) is 68.0. The maximum absolute atomic E-state index is 13.8. The lowest BCUT2D eigenvalue weighted by molar-refractivity contribution is -0.778. The standard InChI is InChI=1S/C39H67N3O43S8/c1-59-11-17-24(27(60-2)31(62-4)35(44)66-17)71-36-32(63-5)28(61-3)23(16(67-36)10-40-21(43)9-7-6-8-20-22-15(14-86-20)41-39(45)42-22)70-38-34(77-93(56,57)58)29(74-88-83-79-47)25(18(68-38)12-64-91(50,51)52)72-37-33(76-90-85-81-49)30(75-89-84-80-48)26(73-87-82-78-46)19(69-37)13-65-92(53,54)55/h15-20,22-38,44,46-49H,6-14H2,1-5H3,(H,40,43)(H2,41,42,45)(H,50,51,52)(H,53,54,55)(H,56,57,58)/p-7/t15?,16?,17?,18-,19-,20?,22?,23+,24+,25-,26-,27+,28+,29?,30?,31?,32?,33?,34?,35-,36+,37-,38-/m1/s1. The van der Waals surface area contributed by atoms with Crippen molar-refractivity contribution in [3.05, 3.63) is 0 Å². The fourth-order valence-corrected chi connectivity index (χ4v) is 14.5. The number of urea groups is 1. The van der Waals surface area contributed by atoms with Gasteiger partial charge in [0.2, 0.25) is 37.1 Å². The lowest BCUT2D eigenvalue weighted by Gasteiger charge is -2.51. The molecule has 6 aliphatic rings. The average molecular weight is 1520 g/mol. The van der Waals surface area contributed by atoms with Gasteiger partial charge in [0.05, 0.1) is 31.9 Å². The molecule has 6 saturated heterocycles. The van der Waals surface area contributed by atoms with E-state index < -0.39 is 204 Å². The topological polar surface area (TPSA) is 604 Å². The summed E-state index contributed by atoms with van der Waals surface area (Å²) in [6.45, 7) is -3.96. The Hall–Kier alpha value is -1.06. The van der Waals surface area contributed by atoms with E-state index in [0.29, 0.717) is 25.0 Å². The van der Waals surface area contributed by atoms with E-state index >= 15 is 0 Å². The zero-order valence-electron chi connectivity index (χ0n) is 48.0. The summed E-state index contributed by atoms with van der Waals surface area (Å²) in [6, 6.07) is -0.475. The molecule has 0 aromatic carbocycles. The number of aliphatic hydroxyl groups is 1. The number of methoxy groups -OCH3 is 5. The number of fused-ring (bicyclic) bond motifs is 1. The van der Waals surface area contributed by atoms with Crippen molar-refractivity contribution in [3.8, 4) is 0 Å². The third-order valence-electron chi connectivity index (χ3n) is 14.1. The number of hydrogen-bond donors (Lipinski definition) is 4. The fraction of sp³-hybridized carbons (Fsp3) is 0.949. The van der Waals surface area contributed by atoms with Gasteiger partial charge in [0.25, 0.3) is 0 Å². The van der Waals surface area contributed by atoms with Gasteiger partial charge in [0.1, 0.15) is 85.5 Å². The van der Waals surface area contributed by atoms with Crippen LogP contribution in [0.4, 0.5) is 4.79 Å². The predicted molar refractivity (Wildman–Crippen MR) is 278 cm³/mol. The van der Waals surface area contributed by atoms with Gasteiger partial charge in [0, 0.05) is 59.5 Å². The Labute approximate surface area is 549 Å². The first-order valence-corrected chi connectivity index (χ1v) is 33.9. The number of carbonyl (C=O) groups is 2. The molecule has 0 radical (unpaired) electrons. The van der Waals surface area contributed by atoms with Gasteiger partial charge in [-0.05, 0) is 12.8 Å². The minimum Gasteiger partial charge on any atom is -0.726 e. The van der Waals surface area contributed by atoms with Gasteiger partial charge in [0.15, 0.2) is 86.7 Å². The second-order valence-electron chi connectivity index (χ2n) is 19.3. The van der Waals surface area contributed by atoms with Crippen LogP contribution in [0.2, 0.25) is 0 Å². The highest BCUT2D eigenvalue weighted by Crippen LogP contribution is 2.42. The highest BCUT2D eigenvalue weighted by molar-refractivity contribution is 8.00. The number of rotatable bonds is 43. The van der Waals surface area contributed by atoms with E-state index in [1.165, 1.54) is 21.3 Å². The molecular weight excluding hydrogens is 1450 g/mol. The number of nitrogens with one attached hydrogen (secondary N) is 3. The summed E-state index contributed by atoms with van der Waals surface area (Å²) in [6.07, 6.45) is -37.8. The lowest BCUT2D eigenvalue weighted by Crippen LogP contribution is -2.69. The Bertz CT molecular complexity index is 2570. The molecule has 6 aliphatic heterocycles. The fourth-order valence-electron chi connectivity index (χ4n) is 10.4. The molecule has 11 unspecified atom stereocenters. The van der Waals surface area contributed by atoms with Gasteiger partial charge >= 0.3 is 6.03 Å². The summed E-state index contributed by atoms with van der Waals surface area (Å²) in [7, 11) is -11.8. The zero-order valence-corrected chi connectivity index (χ0v) is 54.5. The predicted octanol–water partition coefficient (Wildman–Crippen LogP) is -7.93. The Kier molecular flexibility index (Phi) is 34.6. The molecule has 23 atom stereocenters. The molecule has 54 heteroatoms. The number of thioether (sulfide) groups is 1. The van der Waals surface area contributed by atoms with Crippen LogP contribution in [-0.2, 0) is 160 Å². The van der Waals surface area contributed by atoms with E-state index in [4.69, 9.17) is 77.8 Å². The summed E-state index contributed by atoms with van der Waals surface area (Å²) in [5.41, 5.74) is 0. The lowest BCUT2D eigenvalue weighted by atomic mass is 9.95. The van der Waals surface area contributed by atoms with Crippen LogP contribution < -0.4 is 37.0 Å². The highest BCUT2D eigenvalue weighted by Gasteiger charge is 2.60. The van der Waals surface area contributed by atoms with Crippen molar-refractivity contribution in [3.63, 3.8) is 0 Å². The summed E-state index contributed by atoms with van der Waals surface area (Å²) in [4.78, 5) is 25.8. The number of aliphatic hydroxyl groups excluding tert-OH is 1. The van der Waals surface area contributed by atoms with Crippen molar-refractivity contribution in [1.29, 1.82) is 0 Å². The van der Waals surface area contributed by atoms with E-state index in [1.807, 2.05) is 0 Å². The van der Waals surface area contributed by atoms with Crippen LogP contribution in [0.5, 0.6) is 0 Å². The molecule has 544 valence electrons. The molecule has 6 rings (SSSR count). The number of carbonyl (C=O) groups excluding carboxylic acids is 2. The Morgan fingerprint density at radius 1 is 0.559 bits per heavy atom. The van der Waals surface area contributed by atoms with Gasteiger partial charge in [-0.1, -0.05) is 6.42 Å². The van der Waals surface area contributed by atoms with Crippen LogP contribution in [0.25, 0.3) is 0 Å². The minimum absolute atomic E-state index is 0.0440. The van der Waals surface area contributed by atoms with Crippen molar-refractivity contribution in [2.45, 2.75) is 166 Å². The van der Waals surface area contributed by atoms with E-state index in [1.54, 1.807) is 11.8 Å². The molecule has 6 fully saturated rings. The van der Waals surface area contributed by atoms with E-state index in [0.717, 1.165) is 14.2 Å². The van der Waals surface area contributed by atoms with Crippen molar-refractivity contribution in [2.75, 3.05) is 67.7 Å². The molecule has 6 heterocycles. The molecule has 0 spiro atoms. The second kappa shape index (κ2) is 39.8. The third kappa shape index (κ3) is 24.3. The third-order valence-corrected chi connectivity index (χ3v) is 18.5. The summed E-state index contributed by atoms with van der Waals surface area (Å²) >= 11 is -0.0240. The molecule has 0 aromatic rings.